The molecule has 0 spiro atoms. The van der Waals surface area contributed by atoms with Gasteiger partial charge in [0.15, 0.2) is 0 Å². The fourth-order valence-electron chi connectivity index (χ4n) is 2.53. The molecule has 0 aliphatic heterocycles. The third kappa shape index (κ3) is 5.63. The molecule has 2 heteroatoms. The first kappa shape index (κ1) is 17.4. The van der Waals surface area contributed by atoms with Crippen LogP contribution in [-0.2, 0) is 0 Å². The first-order valence-electron chi connectivity index (χ1n) is 8.85. The van der Waals surface area contributed by atoms with E-state index in [1.807, 2.05) is 0 Å². The second kappa shape index (κ2) is 9.94. The Labute approximate surface area is 141 Å². The summed E-state index contributed by atoms with van der Waals surface area (Å²) in [6.07, 6.45) is 7.08. The number of rotatable bonds is 10. The molecule has 1 radical (unpaired) electrons. The molecule has 0 aliphatic rings. The predicted molar refractivity (Wildman–Crippen MR) is 102 cm³/mol. The minimum atomic E-state index is 1.03. The molecule has 2 nitrogen and oxygen atoms in total. The highest BCUT2D eigenvalue weighted by molar-refractivity contribution is 5.63. The van der Waals surface area contributed by atoms with E-state index in [0.717, 1.165) is 13.1 Å². The molecule has 2 N–H and O–H groups in total. The lowest BCUT2D eigenvalue weighted by atomic mass is 10.0. The van der Waals surface area contributed by atoms with Crippen molar-refractivity contribution in [3.05, 3.63) is 66.1 Å². The molecule has 123 valence electrons. The SMILES string of the molecule is CCCCNc1ccccc1[CH]c1ccccc1NCCCC. The lowest BCUT2D eigenvalue weighted by Gasteiger charge is -2.15. The van der Waals surface area contributed by atoms with Gasteiger partial charge in [-0.15, -0.1) is 0 Å². The topological polar surface area (TPSA) is 24.1 Å². The van der Waals surface area contributed by atoms with Crippen molar-refractivity contribution in [3.8, 4) is 0 Å². The molecule has 0 bridgehead atoms. The van der Waals surface area contributed by atoms with E-state index in [2.05, 4.69) is 79.4 Å². The van der Waals surface area contributed by atoms with Crippen LogP contribution in [0.15, 0.2) is 48.5 Å². The fraction of sp³-hybridized carbons (Fsp3) is 0.381. The van der Waals surface area contributed by atoms with Crippen molar-refractivity contribution in [2.75, 3.05) is 23.7 Å². The van der Waals surface area contributed by atoms with Crippen molar-refractivity contribution in [2.24, 2.45) is 0 Å². The van der Waals surface area contributed by atoms with Crippen LogP contribution in [0.25, 0.3) is 0 Å². The number of hydrogen-bond acceptors (Lipinski definition) is 2. The molecule has 2 aromatic carbocycles. The van der Waals surface area contributed by atoms with Crippen LogP contribution in [-0.4, -0.2) is 13.1 Å². The maximum atomic E-state index is 3.55. The van der Waals surface area contributed by atoms with E-state index >= 15 is 0 Å². The van der Waals surface area contributed by atoms with Gasteiger partial charge >= 0.3 is 0 Å². The van der Waals surface area contributed by atoms with Crippen LogP contribution >= 0.6 is 0 Å². The minimum Gasteiger partial charge on any atom is -0.385 e. The zero-order chi connectivity index (χ0) is 16.3. The second-order valence-corrected chi connectivity index (χ2v) is 5.88. The third-order valence-electron chi connectivity index (χ3n) is 3.92. The standard InChI is InChI=1S/C21H29N2/c1-3-5-15-22-20-13-9-7-11-18(20)17-19-12-8-10-14-21(19)23-16-6-4-2/h7-14,17,22-23H,3-6,15-16H2,1-2H3. The first-order chi connectivity index (χ1) is 11.3. The Bertz CT molecular complexity index is 526. The van der Waals surface area contributed by atoms with Gasteiger partial charge in [0.25, 0.3) is 0 Å². The van der Waals surface area contributed by atoms with E-state index < -0.39 is 0 Å². The smallest absolute Gasteiger partial charge is 0.0379 e. The number of unbranched alkanes of at least 4 members (excludes halogenated alkanes) is 2. The van der Waals surface area contributed by atoms with Crippen LogP contribution in [0.3, 0.4) is 0 Å². The highest BCUT2D eigenvalue weighted by Crippen LogP contribution is 2.25. The minimum absolute atomic E-state index is 1.03. The molecule has 0 saturated heterocycles. The highest BCUT2D eigenvalue weighted by atomic mass is 14.9. The molecule has 0 aromatic heterocycles. The van der Waals surface area contributed by atoms with E-state index in [4.69, 9.17) is 0 Å². The van der Waals surface area contributed by atoms with E-state index in [0.29, 0.717) is 0 Å². The summed E-state index contributed by atoms with van der Waals surface area (Å²) in [6.45, 7) is 6.49. The van der Waals surface area contributed by atoms with E-state index in [9.17, 15) is 0 Å². The summed E-state index contributed by atoms with van der Waals surface area (Å²) in [6, 6.07) is 17.1. The van der Waals surface area contributed by atoms with Crippen molar-refractivity contribution >= 4 is 11.4 Å². The summed E-state index contributed by atoms with van der Waals surface area (Å²) < 4.78 is 0. The number of nitrogens with one attached hydrogen (secondary N) is 2. The first-order valence-corrected chi connectivity index (χ1v) is 8.85. The molecule has 23 heavy (non-hydrogen) atoms. The Hall–Kier alpha value is -1.96. The molecule has 2 aromatic rings. The average molecular weight is 309 g/mol. The summed E-state index contributed by atoms with van der Waals surface area (Å²) in [5, 5.41) is 7.11. The number of para-hydroxylation sites is 2. The van der Waals surface area contributed by atoms with Gasteiger partial charge < -0.3 is 10.6 Å². The molecule has 2 rings (SSSR count). The average Bonchev–Trinajstić information content (AvgIpc) is 2.58. The van der Waals surface area contributed by atoms with Gasteiger partial charge in [0.2, 0.25) is 0 Å². The van der Waals surface area contributed by atoms with Crippen LogP contribution in [0.4, 0.5) is 11.4 Å². The number of benzene rings is 2. The van der Waals surface area contributed by atoms with Crippen molar-refractivity contribution in [3.63, 3.8) is 0 Å². The van der Waals surface area contributed by atoms with Crippen molar-refractivity contribution in [1.82, 2.24) is 0 Å². The zero-order valence-corrected chi connectivity index (χ0v) is 14.4. The van der Waals surface area contributed by atoms with Crippen LogP contribution in [0.5, 0.6) is 0 Å². The lowest BCUT2D eigenvalue weighted by molar-refractivity contribution is 0.833. The van der Waals surface area contributed by atoms with Gasteiger partial charge in [0.05, 0.1) is 0 Å². The quantitative estimate of drug-likeness (QED) is 0.549. The molecular formula is C21H29N2. The fourth-order valence-corrected chi connectivity index (χ4v) is 2.53. The van der Waals surface area contributed by atoms with Gasteiger partial charge in [-0.1, -0.05) is 63.1 Å². The van der Waals surface area contributed by atoms with E-state index in [1.165, 1.54) is 48.2 Å². The van der Waals surface area contributed by atoms with Crippen LogP contribution in [0, 0.1) is 6.42 Å². The van der Waals surface area contributed by atoms with Crippen LogP contribution in [0.2, 0.25) is 0 Å². The molecular weight excluding hydrogens is 280 g/mol. The molecule has 0 unspecified atom stereocenters. The van der Waals surface area contributed by atoms with Crippen molar-refractivity contribution in [2.45, 2.75) is 39.5 Å². The van der Waals surface area contributed by atoms with E-state index in [-0.39, 0.29) is 0 Å². The largest absolute Gasteiger partial charge is 0.385 e. The summed E-state index contributed by atoms with van der Waals surface area (Å²) in [7, 11) is 0. The van der Waals surface area contributed by atoms with Gasteiger partial charge in [-0.3, -0.25) is 0 Å². The van der Waals surface area contributed by atoms with Gasteiger partial charge in [0, 0.05) is 30.9 Å². The second-order valence-electron chi connectivity index (χ2n) is 5.88. The summed E-state index contributed by atoms with van der Waals surface area (Å²) in [4.78, 5) is 0. The molecule has 0 atom stereocenters. The lowest BCUT2D eigenvalue weighted by Crippen LogP contribution is -2.06. The maximum Gasteiger partial charge on any atom is 0.0379 e. The Morgan fingerprint density at radius 1 is 0.696 bits per heavy atom. The number of anilines is 2. The normalized spacial score (nSPS) is 10.5. The third-order valence-corrected chi connectivity index (χ3v) is 3.92. The number of hydrogen-bond donors (Lipinski definition) is 2. The Kier molecular flexibility index (Phi) is 7.51. The van der Waals surface area contributed by atoms with Gasteiger partial charge in [-0.25, -0.2) is 0 Å². The summed E-state index contributed by atoms with van der Waals surface area (Å²) >= 11 is 0. The van der Waals surface area contributed by atoms with Crippen molar-refractivity contribution < 1.29 is 0 Å². The maximum absolute atomic E-state index is 3.55. The molecule has 0 aliphatic carbocycles. The molecule has 0 fully saturated rings. The monoisotopic (exact) mass is 309 g/mol. The van der Waals surface area contributed by atoms with Crippen molar-refractivity contribution in [1.29, 1.82) is 0 Å². The van der Waals surface area contributed by atoms with Gasteiger partial charge in [-0.05, 0) is 36.1 Å². The molecule has 0 saturated carbocycles. The Morgan fingerprint density at radius 3 is 1.57 bits per heavy atom. The summed E-state index contributed by atoms with van der Waals surface area (Å²) in [5.74, 6) is 0. The Morgan fingerprint density at radius 2 is 1.13 bits per heavy atom. The van der Waals surface area contributed by atoms with E-state index in [1.54, 1.807) is 0 Å². The van der Waals surface area contributed by atoms with Crippen LogP contribution in [0.1, 0.15) is 50.7 Å². The highest BCUT2D eigenvalue weighted by Gasteiger charge is 2.07. The molecule has 0 amide bonds. The van der Waals surface area contributed by atoms with Crippen LogP contribution < -0.4 is 10.6 Å². The zero-order valence-electron chi connectivity index (χ0n) is 14.4. The Balaban J connectivity index is 2.09. The van der Waals surface area contributed by atoms with Gasteiger partial charge in [-0.2, -0.15) is 0 Å². The predicted octanol–water partition coefficient (Wildman–Crippen LogP) is 5.71. The van der Waals surface area contributed by atoms with Gasteiger partial charge in [0.1, 0.15) is 0 Å². The summed E-state index contributed by atoms with van der Waals surface area (Å²) in [5.41, 5.74) is 4.91. The molecule has 0 heterocycles.